The predicted molar refractivity (Wildman–Crippen MR) is 73.5 cm³/mol. The van der Waals surface area contributed by atoms with Crippen LogP contribution in [0.5, 0.6) is 5.75 Å². The van der Waals surface area contributed by atoms with Crippen LogP contribution in [-0.2, 0) is 4.74 Å². The van der Waals surface area contributed by atoms with Gasteiger partial charge in [0, 0.05) is 11.6 Å². The molecule has 1 aromatic heterocycles. The lowest BCUT2D eigenvalue weighted by Crippen LogP contribution is -2.27. The largest absolute Gasteiger partial charge is 0.507 e. The fraction of sp³-hybridized carbons (Fsp3) is 0.286. The lowest BCUT2D eigenvalue weighted by molar-refractivity contribution is 0.0631. The molecule has 6 nitrogen and oxygen atoms in total. The number of nitrogens with one attached hydrogen (secondary N) is 1. The number of aromatic hydroxyl groups is 1. The summed E-state index contributed by atoms with van der Waals surface area (Å²) < 4.78 is 10.1. The summed E-state index contributed by atoms with van der Waals surface area (Å²) in [5, 5.41) is 15.9. The number of anilines is 1. The Morgan fingerprint density at radius 1 is 1.35 bits per heavy atom. The third kappa shape index (κ3) is 3.50. The van der Waals surface area contributed by atoms with Gasteiger partial charge in [0.15, 0.2) is 0 Å². The smallest absolute Gasteiger partial charge is 0.414 e. The molecule has 0 spiro atoms. The van der Waals surface area contributed by atoms with Gasteiger partial charge in [-0.25, -0.2) is 4.79 Å². The molecule has 2 rings (SSSR count). The van der Waals surface area contributed by atoms with E-state index in [-0.39, 0.29) is 11.6 Å². The van der Waals surface area contributed by atoms with E-state index in [2.05, 4.69) is 10.5 Å². The van der Waals surface area contributed by atoms with Crippen molar-refractivity contribution in [3.05, 3.63) is 30.3 Å². The normalized spacial score (nSPS) is 11.2. The van der Waals surface area contributed by atoms with Crippen LogP contribution in [0, 0.1) is 0 Å². The highest BCUT2D eigenvalue weighted by molar-refractivity contribution is 5.84. The van der Waals surface area contributed by atoms with E-state index in [0.29, 0.717) is 11.3 Å². The third-order valence-electron chi connectivity index (χ3n) is 2.31. The van der Waals surface area contributed by atoms with Gasteiger partial charge >= 0.3 is 6.09 Å². The van der Waals surface area contributed by atoms with Gasteiger partial charge in [-0.2, -0.15) is 0 Å². The number of carbonyl (C=O) groups is 1. The van der Waals surface area contributed by atoms with Gasteiger partial charge in [0.1, 0.15) is 17.0 Å². The molecule has 0 aliphatic rings. The molecule has 1 amide bonds. The Balaban J connectivity index is 2.10. The number of benzene rings is 1. The molecule has 6 heteroatoms. The Bertz CT molecular complexity index is 614. The van der Waals surface area contributed by atoms with Crippen LogP contribution in [0.2, 0.25) is 0 Å². The van der Waals surface area contributed by atoms with Crippen LogP contribution in [0.4, 0.5) is 10.7 Å². The molecule has 0 fully saturated rings. The number of hydrogen-bond acceptors (Lipinski definition) is 5. The number of rotatable bonds is 2. The van der Waals surface area contributed by atoms with E-state index in [1.807, 2.05) is 0 Å². The summed E-state index contributed by atoms with van der Waals surface area (Å²) in [5.74, 6) is 0.238. The summed E-state index contributed by atoms with van der Waals surface area (Å²) >= 11 is 0. The fourth-order valence-electron chi connectivity index (χ4n) is 1.56. The topological polar surface area (TPSA) is 84.6 Å². The van der Waals surface area contributed by atoms with E-state index < -0.39 is 11.7 Å². The molecule has 1 aromatic carbocycles. The average molecular weight is 276 g/mol. The van der Waals surface area contributed by atoms with Crippen LogP contribution in [-0.4, -0.2) is 22.0 Å². The van der Waals surface area contributed by atoms with Crippen molar-refractivity contribution >= 4 is 12.0 Å². The molecule has 0 atom stereocenters. The van der Waals surface area contributed by atoms with Gasteiger partial charge in [0.05, 0.1) is 0 Å². The second-order valence-corrected chi connectivity index (χ2v) is 5.22. The van der Waals surface area contributed by atoms with Crippen molar-refractivity contribution in [2.45, 2.75) is 26.4 Å². The SMILES string of the molecule is CC(C)(C)OC(=O)Nc1cc(-c2ccccc2O)no1. The first kappa shape index (κ1) is 13.9. The van der Waals surface area contributed by atoms with Crippen LogP contribution in [0.15, 0.2) is 34.9 Å². The summed E-state index contributed by atoms with van der Waals surface area (Å²) in [4.78, 5) is 11.6. The summed E-state index contributed by atoms with van der Waals surface area (Å²) in [6.07, 6.45) is -0.627. The minimum Gasteiger partial charge on any atom is -0.507 e. The van der Waals surface area contributed by atoms with E-state index in [1.165, 1.54) is 6.07 Å². The van der Waals surface area contributed by atoms with Gasteiger partial charge in [-0.1, -0.05) is 17.3 Å². The first-order valence-electron chi connectivity index (χ1n) is 6.10. The molecule has 0 saturated carbocycles. The van der Waals surface area contributed by atoms with Crippen molar-refractivity contribution in [2.24, 2.45) is 0 Å². The van der Waals surface area contributed by atoms with Crippen molar-refractivity contribution < 1.29 is 19.2 Å². The molecule has 0 radical (unpaired) electrons. The zero-order valence-corrected chi connectivity index (χ0v) is 11.5. The van der Waals surface area contributed by atoms with E-state index in [0.717, 1.165) is 0 Å². The van der Waals surface area contributed by atoms with Crippen LogP contribution in [0.3, 0.4) is 0 Å². The Hall–Kier alpha value is -2.50. The number of ether oxygens (including phenoxy) is 1. The minimum atomic E-state index is -0.627. The molecule has 106 valence electrons. The molecule has 20 heavy (non-hydrogen) atoms. The van der Waals surface area contributed by atoms with Gasteiger partial charge in [-0.05, 0) is 32.9 Å². The van der Waals surface area contributed by atoms with Crippen LogP contribution >= 0.6 is 0 Å². The molecule has 0 aliphatic heterocycles. The van der Waals surface area contributed by atoms with Crippen LogP contribution in [0.25, 0.3) is 11.3 Å². The number of phenols is 1. The zero-order chi connectivity index (χ0) is 14.8. The van der Waals surface area contributed by atoms with Gasteiger partial charge in [-0.15, -0.1) is 0 Å². The van der Waals surface area contributed by atoms with Crippen LogP contribution in [0.1, 0.15) is 20.8 Å². The molecule has 0 aliphatic carbocycles. The fourth-order valence-corrected chi connectivity index (χ4v) is 1.56. The Labute approximate surface area is 116 Å². The maximum Gasteiger partial charge on any atom is 0.414 e. The maximum absolute atomic E-state index is 11.6. The Morgan fingerprint density at radius 3 is 2.70 bits per heavy atom. The first-order valence-corrected chi connectivity index (χ1v) is 6.10. The Kier molecular flexibility index (Phi) is 3.65. The van der Waals surface area contributed by atoms with Crippen LogP contribution < -0.4 is 5.32 Å². The number of aromatic nitrogens is 1. The highest BCUT2D eigenvalue weighted by Gasteiger charge is 2.18. The number of phenolic OH excluding ortho intramolecular Hbond substituents is 1. The molecule has 1 heterocycles. The lowest BCUT2D eigenvalue weighted by atomic mass is 10.1. The summed E-state index contributed by atoms with van der Waals surface area (Å²) in [7, 11) is 0. The molecule has 0 bridgehead atoms. The Morgan fingerprint density at radius 2 is 2.05 bits per heavy atom. The van der Waals surface area contributed by atoms with Gasteiger partial charge < -0.3 is 14.4 Å². The van der Waals surface area contributed by atoms with Crippen molar-refractivity contribution in [3.8, 4) is 17.0 Å². The monoisotopic (exact) mass is 276 g/mol. The quantitative estimate of drug-likeness (QED) is 0.878. The second kappa shape index (κ2) is 5.24. The zero-order valence-electron chi connectivity index (χ0n) is 11.5. The molecule has 0 unspecified atom stereocenters. The van der Waals surface area contributed by atoms with Crippen molar-refractivity contribution in [1.82, 2.24) is 5.16 Å². The van der Waals surface area contributed by atoms with E-state index in [1.54, 1.807) is 45.0 Å². The average Bonchev–Trinajstić information content (AvgIpc) is 2.75. The van der Waals surface area contributed by atoms with Gasteiger partial charge in [0.2, 0.25) is 5.88 Å². The number of nitrogens with zero attached hydrogens (tertiary/aromatic N) is 1. The van der Waals surface area contributed by atoms with E-state index in [9.17, 15) is 9.90 Å². The maximum atomic E-state index is 11.6. The minimum absolute atomic E-state index is 0.0876. The molecule has 2 N–H and O–H groups in total. The van der Waals surface area contributed by atoms with Crippen molar-refractivity contribution in [3.63, 3.8) is 0 Å². The van der Waals surface area contributed by atoms with E-state index >= 15 is 0 Å². The van der Waals surface area contributed by atoms with Gasteiger partial charge in [0.25, 0.3) is 0 Å². The number of amides is 1. The highest BCUT2D eigenvalue weighted by Crippen LogP contribution is 2.29. The predicted octanol–water partition coefficient (Wildman–Crippen LogP) is 3.39. The number of para-hydroxylation sites is 1. The molecule has 0 saturated heterocycles. The number of hydrogen-bond donors (Lipinski definition) is 2. The highest BCUT2D eigenvalue weighted by atomic mass is 16.6. The van der Waals surface area contributed by atoms with Crippen molar-refractivity contribution in [1.29, 1.82) is 0 Å². The number of carbonyl (C=O) groups excluding carboxylic acids is 1. The second-order valence-electron chi connectivity index (χ2n) is 5.22. The standard InChI is InChI=1S/C14H16N2O4/c1-14(2,3)19-13(18)15-12-8-10(16-20-12)9-6-4-5-7-11(9)17/h4-8,17H,1-3H3,(H,15,18). The molecule has 2 aromatic rings. The molecular weight excluding hydrogens is 260 g/mol. The first-order chi connectivity index (χ1) is 9.35. The lowest BCUT2D eigenvalue weighted by Gasteiger charge is -2.18. The third-order valence-corrected chi connectivity index (χ3v) is 2.31. The summed E-state index contributed by atoms with van der Waals surface area (Å²) in [5.41, 5.74) is 0.354. The molecular formula is C14H16N2O4. The summed E-state index contributed by atoms with van der Waals surface area (Å²) in [6, 6.07) is 8.23. The van der Waals surface area contributed by atoms with E-state index in [4.69, 9.17) is 9.26 Å². The summed E-state index contributed by atoms with van der Waals surface area (Å²) in [6.45, 7) is 5.29. The van der Waals surface area contributed by atoms with Gasteiger partial charge in [-0.3, -0.25) is 5.32 Å². The van der Waals surface area contributed by atoms with Crippen molar-refractivity contribution in [2.75, 3.05) is 5.32 Å².